The van der Waals surface area contributed by atoms with Gasteiger partial charge < -0.3 is 4.74 Å². The highest BCUT2D eigenvalue weighted by Gasteiger charge is 2.16. The van der Waals surface area contributed by atoms with Crippen LogP contribution in [0.25, 0.3) is 0 Å². The molecule has 5 nitrogen and oxygen atoms in total. The molecular weight excluding hydrogens is 396 g/mol. The molecule has 0 unspecified atom stereocenters. The lowest BCUT2D eigenvalue weighted by Crippen LogP contribution is -2.47. The van der Waals surface area contributed by atoms with E-state index in [9.17, 15) is 9.59 Å². The Balaban J connectivity index is 1.88. The van der Waals surface area contributed by atoms with Gasteiger partial charge in [0.15, 0.2) is 6.10 Å². The molecule has 2 aromatic carbocycles. The number of benzene rings is 2. The van der Waals surface area contributed by atoms with Gasteiger partial charge in [-0.05, 0) is 55.2 Å². The minimum absolute atomic E-state index is 0.396. The van der Waals surface area contributed by atoms with E-state index >= 15 is 0 Å². The highest BCUT2D eigenvalue weighted by atomic mass is 79.9. The second-order valence-corrected chi connectivity index (χ2v) is 7.25. The molecule has 0 fully saturated rings. The molecule has 2 amide bonds. The highest BCUT2D eigenvalue weighted by Crippen LogP contribution is 2.19. The first-order chi connectivity index (χ1) is 12.3. The minimum atomic E-state index is -0.745. The molecule has 2 N–H and O–H groups in total. The first kappa shape index (κ1) is 20.0. The second-order valence-electron chi connectivity index (χ2n) is 6.39. The number of hydrogen-bond donors (Lipinski definition) is 2. The first-order valence-electron chi connectivity index (χ1n) is 8.41. The average Bonchev–Trinajstić information content (AvgIpc) is 2.62. The van der Waals surface area contributed by atoms with Crippen LogP contribution in [-0.2, 0) is 4.79 Å². The molecule has 0 saturated carbocycles. The van der Waals surface area contributed by atoms with E-state index in [1.165, 1.54) is 5.56 Å². The van der Waals surface area contributed by atoms with Crippen molar-refractivity contribution in [2.45, 2.75) is 39.7 Å². The molecule has 2 aromatic rings. The third-order valence-corrected chi connectivity index (χ3v) is 4.82. The maximum Gasteiger partial charge on any atom is 0.279 e. The van der Waals surface area contributed by atoms with Crippen molar-refractivity contribution in [3.8, 4) is 5.75 Å². The Morgan fingerprint density at radius 2 is 1.65 bits per heavy atom. The minimum Gasteiger partial charge on any atom is -0.481 e. The molecule has 0 aliphatic carbocycles. The fourth-order valence-corrected chi connectivity index (χ4v) is 2.59. The molecule has 26 heavy (non-hydrogen) atoms. The summed E-state index contributed by atoms with van der Waals surface area (Å²) in [5, 5.41) is 0. The van der Waals surface area contributed by atoms with Crippen LogP contribution in [0, 0.1) is 6.92 Å². The van der Waals surface area contributed by atoms with E-state index in [1.54, 1.807) is 19.1 Å². The number of aryl methyl sites for hydroxylation is 1. The van der Waals surface area contributed by atoms with Crippen LogP contribution in [0.5, 0.6) is 5.75 Å². The van der Waals surface area contributed by atoms with Crippen LogP contribution in [0.4, 0.5) is 0 Å². The van der Waals surface area contributed by atoms with Gasteiger partial charge in [-0.3, -0.25) is 20.4 Å². The van der Waals surface area contributed by atoms with Gasteiger partial charge in [0.1, 0.15) is 5.75 Å². The molecular formula is C20H23BrN2O3. The summed E-state index contributed by atoms with van der Waals surface area (Å²) in [4.78, 5) is 24.2. The maximum absolute atomic E-state index is 12.1. The van der Waals surface area contributed by atoms with Gasteiger partial charge >= 0.3 is 0 Å². The maximum atomic E-state index is 12.1. The first-order valence-corrected chi connectivity index (χ1v) is 9.20. The van der Waals surface area contributed by atoms with E-state index in [1.807, 2.05) is 37.3 Å². The highest BCUT2D eigenvalue weighted by molar-refractivity contribution is 9.10. The topological polar surface area (TPSA) is 67.4 Å². The number of ether oxygens (including phenoxy) is 1. The van der Waals surface area contributed by atoms with Crippen molar-refractivity contribution in [1.82, 2.24) is 10.9 Å². The Morgan fingerprint density at radius 3 is 2.23 bits per heavy atom. The van der Waals surface area contributed by atoms with Gasteiger partial charge in [0.05, 0.1) is 0 Å². The summed E-state index contributed by atoms with van der Waals surface area (Å²) in [5.41, 5.74) is 7.45. The zero-order valence-electron chi connectivity index (χ0n) is 15.3. The summed E-state index contributed by atoms with van der Waals surface area (Å²) in [6.45, 7) is 7.78. The van der Waals surface area contributed by atoms with E-state index in [2.05, 4.69) is 40.6 Å². The van der Waals surface area contributed by atoms with Gasteiger partial charge in [-0.1, -0.05) is 48.0 Å². The number of hydrogen-bond acceptors (Lipinski definition) is 3. The van der Waals surface area contributed by atoms with E-state index in [0.717, 1.165) is 10.0 Å². The van der Waals surface area contributed by atoms with Gasteiger partial charge in [0.25, 0.3) is 11.8 Å². The Labute approximate surface area is 162 Å². The number of rotatable bonds is 5. The van der Waals surface area contributed by atoms with Gasteiger partial charge in [0, 0.05) is 10.0 Å². The van der Waals surface area contributed by atoms with Crippen molar-refractivity contribution in [3.05, 3.63) is 63.6 Å². The van der Waals surface area contributed by atoms with Crippen LogP contribution in [0.2, 0.25) is 0 Å². The van der Waals surface area contributed by atoms with E-state index in [4.69, 9.17) is 4.74 Å². The SMILES string of the molecule is Cc1ccc(C(=O)NNC(=O)[C@H](C)Oc2ccc(C(C)C)cc2)cc1Br. The Morgan fingerprint density at radius 1 is 1.00 bits per heavy atom. The molecule has 0 saturated heterocycles. The number of halogens is 1. The summed E-state index contributed by atoms with van der Waals surface area (Å²) >= 11 is 3.38. The molecule has 0 aliphatic rings. The van der Waals surface area contributed by atoms with Crippen molar-refractivity contribution in [1.29, 1.82) is 0 Å². The number of amides is 2. The van der Waals surface area contributed by atoms with Crippen LogP contribution >= 0.6 is 15.9 Å². The monoisotopic (exact) mass is 418 g/mol. The van der Waals surface area contributed by atoms with Crippen molar-refractivity contribution < 1.29 is 14.3 Å². The number of carbonyl (C=O) groups excluding carboxylic acids is 2. The van der Waals surface area contributed by atoms with Gasteiger partial charge in [-0.15, -0.1) is 0 Å². The molecule has 0 aliphatic heterocycles. The van der Waals surface area contributed by atoms with Crippen LogP contribution < -0.4 is 15.6 Å². The average molecular weight is 419 g/mol. The van der Waals surface area contributed by atoms with E-state index < -0.39 is 17.9 Å². The lowest BCUT2D eigenvalue weighted by atomic mass is 10.0. The summed E-state index contributed by atoms with van der Waals surface area (Å²) in [7, 11) is 0. The zero-order chi connectivity index (χ0) is 19.3. The Bertz CT molecular complexity index is 788. The van der Waals surface area contributed by atoms with Gasteiger partial charge in [-0.25, -0.2) is 0 Å². The van der Waals surface area contributed by atoms with Crippen LogP contribution in [0.1, 0.15) is 48.2 Å². The normalized spacial score (nSPS) is 11.8. The van der Waals surface area contributed by atoms with Crippen LogP contribution in [0.15, 0.2) is 46.9 Å². The second kappa shape index (κ2) is 8.85. The third-order valence-electron chi connectivity index (χ3n) is 3.96. The van der Waals surface area contributed by atoms with Crippen molar-refractivity contribution >= 4 is 27.7 Å². The largest absolute Gasteiger partial charge is 0.481 e. The molecule has 0 spiro atoms. The molecule has 2 rings (SSSR count). The van der Waals surface area contributed by atoms with Gasteiger partial charge in [0.2, 0.25) is 0 Å². The zero-order valence-corrected chi connectivity index (χ0v) is 16.9. The lowest BCUT2D eigenvalue weighted by molar-refractivity contribution is -0.128. The smallest absolute Gasteiger partial charge is 0.279 e. The molecule has 1 atom stereocenters. The Kier molecular flexibility index (Phi) is 6.80. The van der Waals surface area contributed by atoms with Crippen LogP contribution in [-0.4, -0.2) is 17.9 Å². The predicted molar refractivity (Wildman–Crippen MR) is 105 cm³/mol. The number of carbonyl (C=O) groups is 2. The van der Waals surface area contributed by atoms with Crippen molar-refractivity contribution in [2.75, 3.05) is 0 Å². The summed E-state index contributed by atoms with van der Waals surface area (Å²) < 4.78 is 6.44. The fraction of sp³-hybridized carbons (Fsp3) is 0.300. The molecule has 138 valence electrons. The quantitative estimate of drug-likeness (QED) is 0.717. The molecule has 6 heteroatoms. The fourth-order valence-electron chi connectivity index (χ4n) is 2.22. The molecule has 0 heterocycles. The van der Waals surface area contributed by atoms with E-state index in [0.29, 0.717) is 17.2 Å². The Hall–Kier alpha value is -2.34. The number of nitrogens with one attached hydrogen (secondary N) is 2. The van der Waals surface area contributed by atoms with Crippen molar-refractivity contribution in [2.24, 2.45) is 0 Å². The predicted octanol–water partition coefficient (Wildman–Crippen LogP) is 4.11. The summed E-state index contributed by atoms with van der Waals surface area (Å²) in [6, 6.07) is 12.8. The number of hydrazine groups is 1. The molecule has 0 radical (unpaired) electrons. The summed E-state index contributed by atoms with van der Waals surface area (Å²) in [6.07, 6.45) is -0.745. The van der Waals surface area contributed by atoms with E-state index in [-0.39, 0.29) is 0 Å². The standard InChI is InChI=1S/C20H23BrN2O3/c1-12(2)15-7-9-17(10-8-15)26-14(4)19(24)22-23-20(25)16-6-5-13(3)18(21)11-16/h5-12,14H,1-4H3,(H,22,24)(H,23,25)/t14-/m0/s1. The summed E-state index contributed by atoms with van der Waals surface area (Å²) in [5.74, 6) is 0.206. The van der Waals surface area contributed by atoms with Gasteiger partial charge in [-0.2, -0.15) is 0 Å². The molecule has 0 aromatic heterocycles. The van der Waals surface area contributed by atoms with Crippen molar-refractivity contribution in [3.63, 3.8) is 0 Å². The molecule has 0 bridgehead atoms. The lowest BCUT2D eigenvalue weighted by Gasteiger charge is -2.16. The van der Waals surface area contributed by atoms with Crippen LogP contribution in [0.3, 0.4) is 0 Å². The third kappa shape index (κ3) is 5.33.